The van der Waals surface area contributed by atoms with Gasteiger partial charge in [-0.25, -0.2) is 4.39 Å². The lowest BCUT2D eigenvalue weighted by Gasteiger charge is -2.19. The van der Waals surface area contributed by atoms with Gasteiger partial charge in [0, 0.05) is 0 Å². The van der Waals surface area contributed by atoms with Crippen LogP contribution in [0.2, 0.25) is 0 Å². The topological polar surface area (TPSA) is 9.23 Å². The molecular formula is C18H22F4O. The highest BCUT2D eigenvalue weighted by Crippen LogP contribution is 2.34. The van der Waals surface area contributed by atoms with Crippen molar-refractivity contribution in [3.8, 4) is 5.75 Å². The molecule has 0 fully saturated rings. The molecule has 5 heteroatoms. The molecule has 0 atom stereocenters. The fourth-order valence-electron chi connectivity index (χ4n) is 2.94. The zero-order chi connectivity index (χ0) is 16.9. The van der Waals surface area contributed by atoms with Crippen LogP contribution in [0.4, 0.5) is 17.6 Å². The largest absolute Gasteiger partial charge is 0.573 e. The van der Waals surface area contributed by atoms with E-state index in [1.807, 2.05) is 6.08 Å². The van der Waals surface area contributed by atoms with Crippen molar-refractivity contribution in [2.45, 2.75) is 64.7 Å². The Balaban J connectivity index is 2.02. The number of hydrogen-bond donors (Lipinski definition) is 0. The predicted molar refractivity (Wildman–Crippen MR) is 82.8 cm³/mol. The van der Waals surface area contributed by atoms with Gasteiger partial charge in [0.05, 0.1) is 0 Å². The van der Waals surface area contributed by atoms with Gasteiger partial charge in [-0.15, -0.1) is 13.2 Å². The van der Waals surface area contributed by atoms with Crippen molar-refractivity contribution in [3.05, 3.63) is 34.6 Å². The van der Waals surface area contributed by atoms with E-state index in [1.165, 1.54) is 37.3 Å². The van der Waals surface area contributed by atoms with E-state index in [-0.39, 0.29) is 0 Å². The van der Waals surface area contributed by atoms with Crippen molar-refractivity contribution in [2.75, 3.05) is 0 Å². The number of halogens is 4. The van der Waals surface area contributed by atoms with E-state index in [9.17, 15) is 17.6 Å². The molecule has 2 rings (SSSR count). The summed E-state index contributed by atoms with van der Waals surface area (Å²) in [5.74, 6) is -1.63. The Kier molecular flexibility index (Phi) is 6.08. The van der Waals surface area contributed by atoms with Crippen LogP contribution in [0.3, 0.4) is 0 Å². The zero-order valence-electron chi connectivity index (χ0n) is 13.3. The first-order chi connectivity index (χ1) is 10.9. The molecule has 0 bridgehead atoms. The van der Waals surface area contributed by atoms with Gasteiger partial charge in [0.2, 0.25) is 0 Å². The molecule has 1 aromatic rings. The third-order valence-corrected chi connectivity index (χ3v) is 4.13. The van der Waals surface area contributed by atoms with Crippen molar-refractivity contribution < 1.29 is 22.3 Å². The van der Waals surface area contributed by atoms with E-state index in [1.54, 1.807) is 0 Å². The molecular weight excluding hydrogens is 308 g/mol. The fourth-order valence-corrected chi connectivity index (χ4v) is 2.94. The Morgan fingerprint density at radius 1 is 1.04 bits per heavy atom. The molecule has 0 saturated heterocycles. The number of hydrogen-bond acceptors (Lipinski definition) is 1. The van der Waals surface area contributed by atoms with Crippen LogP contribution in [-0.4, -0.2) is 6.36 Å². The number of fused-ring (bicyclic) bond motifs is 1. The second-order valence-electron chi connectivity index (χ2n) is 5.96. The van der Waals surface area contributed by atoms with Gasteiger partial charge in [-0.05, 0) is 42.9 Å². The first-order valence-electron chi connectivity index (χ1n) is 8.17. The number of ether oxygens (including phenoxy) is 1. The second kappa shape index (κ2) is 7.84. The third kappa shape index (κ3) is 5.26. The molecule has 23 heavy (non-hydrogen) atoms. The van der Waals surface area contributed by atoms with Crippen molar-refractivity contribution in [2.24, 2.45) is 0 Å². The summed E-state index contributed by atoms with van der Waals surface area (Å²) >= 11 is 0. The quantitative estimate of drug-likeness (QED) is 0.414. The van der Waals surface area contributed by atoms with E-state index >= 15 is 0 Å². The summed E-state index contributed by atoms with van der Waals surface area (Å²) < 4.78 is 54.6. The van der Waals surface area contributed by atoms with Crippen molar-refractivity contribution in [3.63, 3.8) is 0 Å². The summed E-state index contributed by atoms with van der Waals surface area (Å²) in [5, 5.41) is 0. The number of allylic oxidation sites excluding steroid dienone is 1. The molecule has 0 heterocycles. The van der Waals surface area contributed by atoms with Gasteiger partial charge in [-0.2, -0.15) is 0 Å². The third-order valence-electron chi connectivity index (χ3n) is 4.13. The Hall–Kier alpha value is -1.52. The molecule has 0 amide bonds. The van der Waals surface area contributed by atoms with Crippen LogP contribution in [0.5, 0.6) is 5.75 Å². The molecule has 0 N–H and O–H groups in total. The Morgan fingerprint density at radius 3 is 2.48 bits per heavy atom. The average molecular weight is 330 g/mol. The number of alkyl halides is 3. The van der Waals surface area contributed by atoms with E-state index in [4.69, 9.17) is 0 Å². The van der Waals surface area contributed by atoms with Crippen LogP contribution in [0.15, 0.2) is 17.7 Å². The fraction of sp³-hybridized carbons (Fsp3) is 0.556. The van der Waals surface area contributed by atoms with Crippen LogP contribution >= 0.6 is 0 Å². The van der Waals surface area contributed by atoms with Crippen LogP contribution in [-0.2, 0) is 6.42 Å². The van der Waals surface area contributed by atoms with Gasteiger partial charge in [0.15, 0.2) is 11.6 Å². The highest BCUT2D eigenvalue weighted by atomic mass is 19.4. The van der Waals surface area contributed by atoms with Crippen molar-refractivity contribution >= 4 is 6.08 Å². The van der Waals surface area contributed by atoms with Crippen molar-refractivity contribution in [1.29, 1.82) is 0 Å². The van der Waals surface area contributed by atoms with Crippen molar-refractivity contribution in [1.82, 2.24) is 0 Å². The van der Waals surface area contributed by atoms with Crippen LogP contribution in [0, 0.1) is 5.82 Å². The lowest BCUT2D eigenvalue weighted by molar-refractivity contribution is -0.275. The van der Waals surface area contributed by atoms with Gasteiger partial charge in [-0.3, -0.25) is 0 Å². The van der Waals surface area contributed by atoms with E-state index < -0.39 is 17.9 Å². The van der Waals surface area contributed by atoms with Crippen LogP contribution in [0.25, 0.3) is 6.08 Å². The summed E-state index contributed by atoms with van der Waals surface area (Å²) in [6.45, 7) is 2.17. The van der Waals surface area contributed by atoms with Gasteiger partial charge in [-0.1, -0.05) is 50.3 Å². The van der Waals surface area contributed by atoms with E-state index in [0.29, 0.717) is 24.0 Å². The summed E-state index contributed by atoms with van der Waals surface area (Å²) in [7, 11) is 0. The molecule has 1 aliphatic rings. The molecule has 1 nitrogen and oxygen atoms in total. The number of unbranched alkanes of at least 4 members (excludes halogenated alkanes) is 4. The van der Waals surface area contributed by atoms with Crippen LogP contribution < -0.4 is 4.74 Å². The van der Waals surface area contributed by atoms with Gasteiger partial charge in [0.25, 0.3) is 0 Å². The lowest BCUT2D eigenvalue weighted by Crippen LogP contribution is -2.18. The normalized spacial score (nSPS) is 14.4. The molecule has 0 aromatic heterocycles. The minimum Gasteiger partial charge on any atom is -0.403 e. The van der Waals surface area contributed by atoms with Crippen LogP contribution in [0.1, 0.15) is 63.0 Å². The zero-order valence-corrected chi connectivity index (χ0v) is 13.3. The highest BCUT2D eigenvalue weighted by molar-refractivity contribution is 5.61. The Morgan fingerprint density at radius 2 is 1.78 bits per heavy atom. The maximum absolute atomic E-state index is 14.1. The molecule has 0 aliphatic heterocycles. The smallest absolute Gasteiger partial charge is 0.403 e. The average Bonchev–Trinajstić information content (AvgIpc) is 2.49. The summed E-state index contributed by atoms with van der Waals surface area (Å²) in [5.41, 5.74) is 2.24. The molecule has 1 aliphatic carbocycles. The number of benzene rings is 1. The SMILES string of the molecule is CCCCCCCC1=Cc2ccc(OC(F)(F)F)c(F)c2CC1. The van der Waals surface area contributed by atoms with Gasteiger partial charge in [0.1, 0.15) is 0 Å². The molecule has 128 valence electrons. The number of rotatable bonds is 7. The van der Waals surface area contributed by atoms with Gasteiger partial charge < -0.3 is 4.74 Å². The second-order valence-corrected chi connectivity index (χ2v) is 5.96. The Bertz CT molecular complexity index is 561. The molecule has 0 unspecified atom stereocenters. The monoisotopic (exact) mass is 330 g/mol. The lowest BCUT2D eigenvalue weighted by atomic mass is 9.89. The maximum Gasteiger partial charge on any atom is 0.573 e. The first kappa shape index (κ1) is 17.8. The predicted octanol–water partition coefficient (Wildman–Crippen LogP) is 6.41. The summed E-state index contributed by atoms with van der Waals surface area (Å²) in [6, 6.07) is 2.57. The van der Waals surface area contributed by atoms with E-state index in [0.717, 1.165) is 18.9 Å². The summed E-state index contributed by atoms with van der Waals surface area (Å²) in [4.78, 5) is 0. The molecule has 0 radical (unpaired) electrons. The molecule has 0 spiro atoms. The minimum atomic E-state index is -4.87. The van der Waals surface area contributed by atoms with E-state index in [2.05, 4.69) is 11.7 Å². The molecule has 1 aromatic carbocycles. The Labute approximate surface area is 134 Å². The molecule has 0 saturated carbocycles. The maximum atomic E-state index is 14.1. The summed E-state index contributed by atoms with van der Waals surface area (Å²) in [6.07, 6.45) is 5.13. The highest BCUT2D eigenvalue weighted by Gasteiger charge is 2.33. The minimum absolute atomic E-state index is 0.321. The first-order valence-corrected chi connectivity index (χ1v) is 8.17. The van der Waals surface area contributed by atoms with Gasteiger partial charge >= 0.3 is 6.36 Å². The standard InChI is InChI=1S/C18H22F4O/c1-2-3-4-5-6-7-13-8-10-15-14(12-13)9-11-16(17(15)19)23-18(20,21)22/h9,11-12H,2-8,10H2,1H3.